The van der Waals surface area contributed by atoms with Crippen LogP contribution in [-0.2, 0) is 0 Å². The van der Waals surface area contributed by atoms with Gasteiger partial charge in [0.1, 0.15) is 0 Å². The van der Waals surface area contributed by atoms with Gasteiger partial charge in [0.25, 0.3) is 0 Å². The summed E-state index contributed by atoms with van der Waals surface area (Å²) in [6.07, 6.45) is 0. The van der Waals surface area contributed by atoms with E-state index in [0.29, 0.717) is 0 Å². The number of benzene rings is 1. The maximum atomic E-state index is 2.63. The quantitative estimate of drug-likeness (QED) is 0.691. The molecule has 1 aromatic rings. The Morgan fingerprint density at radius 3 is 2.07 bits per heavy atom. The van der Waals surface area contributed by atoms with Gasteiger partial charge in [-0.15, -0.1) is 0 Å². The van der Waals surface area contributed by atoms with Crippen molar-refractivity contribution < 1.29 is 0 Å². The van der Waals surface area contributed by atoms with Crippen LogP contribution in [0, 0.1) is 0 Å². The van der Waals surface area contributed by atoms with Gasteiger partial charge >= 0.3 is 99.4 Å². The molecule has 1 aliphatic rings. The van der Waals surface area contributed by atoms with E-state index in [9.17, 15) is 0 Å². The van der Waals surface area contributed by atoms with Gasteiger partial charge in [-0.1, -0.05) is 0 Å². The van der Waals surface area contributed by atoms with Crippen LogP contribution >= 0.6 is 0 Å². The van der Waals surface area contributed by atoms with Crippen molar-refractivity contribution in [3.8, 4) is 0 Å². The predicted octanol–water partition coefficient (Wildman–Crippen LogP) is 3.69. The molecule has 1 aromatic carbocycles. The van der Waals surface area contributed by atoms with E-state index in [1.807, 2.05) is 0 Å². The van der Waals surface area contributed by atoms with Crippen molar-refractivity contribution >= 4 is 31.6 Å². The van der Waals surface area contributed by atoms with E-state index in [1.54, 1.807) is 26.1 Å². The monoisotopic (exact) mass is 326 g/mol. The molecule has 1 fully saturated rings. The summed E-state index contributed by atoms with van der Waals surface area (Å²) in [5.74, 6) is 0. The molecule has 1 aliphatic heterocycles. The van der Waals surface area contributed by atoms with Gasteiger partial charge in [-0.05, 0) is 0 Å². The van der Waals surface area contributed by atoms with Gasteiger partial charge in [0.2, 0.25) is 0 Å². The molecule has 0 nitrogen and oxygen atoms in total. The first kappa shape index (κ1) is 11.7. The summed E-state index contributed by atoms with van der Waals surface area (Å²) in [6, 6.07) is 14.5. The van der Waals surface area contributed by atoms with Crippen molar-refractivity contribution in [3.63, 3.8) is 0 Å². The van der Waals surface area contributed by atoms with E-state index in [1.165, 1.54) is 0 Å². The fraction of sp³-hybridized carbons (Fsp3) is 0.538. The summed E-state index contributed by atoms with van der Waals surface area (Å²) >= 11 is -1.48. The maximum absolute atomic E-state index is 2.63. The molecule has 0 amide bonds. The zero-order chi connectivity index (χ0) is 10.9. The third-order valence-electron chi connectivity index (χ3n) is 4.18. The van der Waals surface area contributed by atoms with E-state index in [2.05, 4.69) is 46.8 Å². The first-order valence-corrected chi connectivity index (χ1v) is 18.7. The molecule has 0 spiro atoms. The molecule has 0 aromatic heterocycles. The summed E-state index contributed by atoms with van der Waals surface area (Å²) in [6.45, 7) is 2.60. The number of hydrogen-bond donors (Lipinski definition) is 0. The van der Waals surface area contributed by atoms with Gasteiger partial charge in [-0.25, -0.2) is 0 Å². The second-order valence-corrected chi connectivity index (χ2v) is 26.0. The second kappa shape index (κ2) is 4.25. The van der Waals surface area contributed by atoms with Crippen LogP contribution < -0.4 is 5.19 Å². The van der Waals surface area contributed by atoms with Crippen LogP contribution in [0.15, 0.2) is 30.3 Å². The molecule has 0 N–H and O–H groups in total. The summed E-state index contributed by atoms with van der Waals surface area (Å²) < 4.78 is 3.26. The Kier molecular flexibility index (Phi) is 3.32. The zero-order valence-electron chi connectivity index (χ0n) is 10.2. The minimum absolute atomic E-state index is 1.05. The molecule has 2 heteroatoms. The van der Waals surface area contributed by atoms with Gasteiger partial charge < -0.3 is 0 Å². The average Bonchev–Trinajstić information content (AvgIpc) is 2.24. The summed E-state index contributed by atoms with van der Waals surface area (Å²) in [4.78, 5) is 5.27. The Hall–Kier alpha value is 0.236. The van der Waals surface area contributed by atoms with Gasteiger partial charge in [0.05, 0.1) is 0 Å². The molecule has 0 aliphatic carbocycles. The first-order chi connectivity index (χ1) is 7.02. The third kappa shape index (κ3) is 2.67. The van der Waals surface area contributed by atoms with Crippen LogP contribution in [0.5, 0.6) is 0 Å². The molecular formula is C13H22SiSn. The van der Waals surface area contributed by atoms with E-state index in [0.717, 1.165) is 0 Å². The SMILES string of the molecule is C[Si]1(c2ccccc2)C[CH2][Sn]([CH3])([CH3])[CH2]C1. The molecule has 0 saturated carbocycles. The Labute approximate surface area is 99.0 Å². The number of hydrogen-bond acceptors (Lipinski definition) is 0. The van der Waals surface area contributed by atoms with Crippen LogP contribution in [0.1, 0.15) is 0 Å². The van der Waals surface area contributed by atoms with E-state index < -0.39 is 26.5 Å². The second-order valence-electron chi connectivity index (χ2n) is 6.09. The van der Waals surface area contributed by atoms with Crippen LogP contribution in [-0.4, -0.2) is 26.5 Å². The molecule has 1 heterocycles. The van der Waals surface area contributed by atoms with Crippen molar-refractivity contribution in [1.82, 2.24) is 0 Å². The molecule has 82 valence electrons. The van der Waals surface area contributed by atoms with E-state index in [-0.39, 0.29) is 0 Å². The Morgan fingerprint density at radius 1 is 1.00 bits per heavy atom. The minimum atomic E-state index is -1.48. The molecule has 0 bridgehead atoms. The molecule has 15 heavy (non-hydrogen) atoms. The molecule has 0 unspecified atom stereocenters. The third-order valence-corrected chi connectivity index (χ3v) is 20.6. The molecule has 2 rings (SSSR count). The average molecular weight is 325 g/mol. The van der Waals surface area contributed by atoms with E-state index >= 15 is 0 Å². The normalized spacial score (nSPS) is 23.7. The van der Waals surface area contributed by atoms with Crippen molar-refractivity contribution in [2.24, 2.45) is 0 Å². The van der Waals surface area contributed by atoms with Crippen LogP contribution in [0.2, 0.25) is 37.4 Å². The van der Waals surface area contributed by atoms with Crippen molar-refractivity contribution in [2.75, 3.05) is 0 Å². The Bertz CT molecular complexity index is 322. The van der Waals surface area contributed by atoms with Crippen molar-refractivity contribution in [2.45, 2.75) is 37.4 Å². The van der Waals surface area contributed by atoms with Gasteiger partial charge in [0.15, 0.2) is 0 Å². The van der Waals surface area contributed by atoms with E-state index in [4.69, 9.17) is 0 Å². The summed E-state index contributed by atoms with van der Waals surface area (Å²) in [5, 5.41) is 1.70. The molecule has 0 atom stereocenters. The van der Waals surface area contributed by atoms with Gasteiger partial charge in [0, 0.05) is 0 Å². The van der Waals surface area contributed by atoms with Crippen molar-refractivity contribution in [1.29, 1.82) is 0 Å². The fourth-order valence-electron chi connectivity index (χ4n) is 2.61. The summed E-state index contributed by atoms with van der Waals surface area (Å²) in [7, 11) is -1.05. The van der Waals surface area contributed by atoms with Gasteiger partial charge in [-0.3, -0.25) is 0 Å². The predicted molar refractivity (Wildman–Crippen MR) is 74.4 cm³/mol. The fourth-order valence-corrected chi connectivity index (χ4v) is 28.6. The molecule has 0 radical (unpaired) electrons. The van der Waals surface area contributed by atoms with Crippen molar-refractivity contribution in [3.05, 3.63) is 30.3 Å². The Balaban J connectivity index is 2.17. The van der Waals surface area contributed by atoms with Gasteiger partial charge in [-0.2, -0.15) is 0 Å². The standard InChI is InChI=1S/C11H16Si.2CH3.Sn/c1-4-12(3,5-2)11-9-7-6-8-10-11;;;/h6-10H,1-2,4-5H2,3H3;2*1H3;. The zero-order valence-corrected chi connectivity index (χ0v) is 14.1. The number of rotatable bonds is 1. The first-order valence-electron chi connectivity index (χ1n) is 6.07. The molecule has 1 saturated heterocycles. The van der Waals surface area contributed by atoms with Crippen LogP contribution in [0.4, 0.5) is 0 Å². The van der Waals surface area contributed by atoms with Crippen LogP contribution in [0.3, 0.4) is 0 Å². The summed E-state index contributed by atoms with van der Waals surface area (Å²) in [5.41, 5.74) is 0. The Morgan fingerprint density at radius 2 is 1.53 bits per heavy atom. The molecular weight excluding hydrogens is 303 g/mol. The topological polar surface area (TPSA) is 0 Å². The van der Waals surface area contributed by atoms with Crippen LogP contribution in [0.25, 0.3) is 0 Å².